The largest absolute Gasteiger partial charge is 0.525 e. The van der Waals surface area contributed by atoms with Gasteiger partial charge in [0.2, 0.25) is 0 Å². The van der Waals surface area contributed by atoms with Gasteiger partial charge in [-0.05, 0) is 12.8 Å². The van der Waals surface area contributed by atoms with E-state index in [1.54, 1.807) is 7.05 Å². The van der Waals surface area contributed by atoms with E-state index in [1.165, 1.54) is 11.5 Å². The fraction of sp³-hybridized carbons (Fsp3) is 0.833. The Bertz CT molecular complexity index is 133. The standard InChI is InChI=1S/C6H11NO3/c1-7(10-6(8)9)5-3-2-4-5/h5H,2-4H2,1H3,(H,8,9). The van der Waals surface area contributed by atoms with E-state index in [2.05, 4.69) is 4.84 Å². The summed E-state index contributed by atoms with van der Waals surface area (Å²) in [4.78, 5) is 14.4. The molecule has 1 aliphatic carbocycles. The van der Waals surface area contributed by atoms with Crippen LogP contribution in [-0.4, -0.2) is 29.4 Å². The Morgan fingerprint density at radius 2 is 2.30 bits per heavy atom. The quantitative estimate of drug-likeness (QED) is 0.591. The Hall–Kier alpha value is -0.770. The first-order valence-corrected chi connectivity index (χ1v) is 3.34. The Kier molecular flexibility index (Phi) is 2.11. The van der Waals surface area contributed by atoms with E-state index in [0.29, 0.717) is 6.04 Å². The Labute approximate surface area is 59.3 Å². The summed E-state index contributed by atoms with van der Waals surface area (Å²) in [5.41, 5.74) is 0. The molecule has 1 fully saturated rings. The third-order valence-corrected chi connectivity index (χ3v) is 1.81. The molecule has 1 rings (SSSR count). The van der Waals surface area contributed by atoms with Crippen molar-refractivity contribution in [1.29, 1.82) is 0 Å². The molecule has 4 heteroatoms. The lowest BCUT2D eigenvalue weighted by atomic mass is 9.93. The number of hydrogen-bond donors (Lipinski definition) is 1. The lowest BCUT2D eigenvalue weighted by Crippen LogP contribution is -2.38. The van der Waals surface area contributed by atoms with Crippen LogP contribution in [0.5, 0.6) is 0 Å². The fourth-order valence-electron chi connectivity index (χ4n) is 0.948. The zero-order valence-electron chi connectivity index (χ0n) is 5.91. The van der Waals surface area contributed by atoms with Gasteiger partial charge in [-0.2, -0.15) is 0 Å². The van der Waals surface area contributed by atoms with Crippen LogP contribution >= 0.6 is 0 Å². The summed E-state index contributed by atoms with van der Waals surface area (Å²) in [5.74, 6) is 0. The molecule has 0 unspecified atom stereocenters. The normalized spacial score (nSPS) is 18.6. The minimum atomic E-state index is -1.23. The van der Waals surface area contributed by atoms with Crippen molar-refractivity contribution in [2.45, 2.75) is 25.3 Å². The first-order valence-electron chi connectivity index (χ1n) is 3.34. The van der Waals surface area contributed by atoms with Crippen molar-refractivity contribution in [3.05, 3.63) is 0 Å². The maximum absolute atomic E-state index is 9.99. The molecular weight excluding hydrogens is 134 g/mol. The van der Waals surface area contributed by atoms with E-state index in [-0.39, 0.29) is 0 Å². The molecule has 10 heavy (non-hydrogen) atoms. The molecule has 0 radical (unpaired) electrons. The highest BCUT2D eigenvalue weighted by molar-refractivity contribution is 5.56. The van der Waals surface area contributed by atoms with Gasteiger partial charge in [-0.25, -0.2) is 4.79 Å². The number of hydroxylamine groups is 2. The second kappa shape index (κ2) is 2.88. The predicted molar refractivity (Wildman–Crippen MR) is 34.5 cm³/mol. The van der Waals surface area contributed by atoms with Gasteiger partial charge in [-0.15, -0.1) is 5.06 Å². The van der Waals surface area contributed by atoms with Crippen LogP contribution in [0.25, 0.3) is 0 Å². The van der Waals surface area contributed by atoms with Crippen LogP contribution in [0.15, 0.2) is 0 Å². The van der Waals surface area contributed by atoms with Gasteiger partial charge in [0, 0.05) is 13.1 Å². The van der Waals surface area contributed by atoms with E-state index in [1.807, 2.05) is 0 Å². The van der Waals surface area contributed by atoms with Crippen LogP contribution in [-0.2, 0) is 4.84 Å². The number of carboxylic acid groups (broad SMARTS) is 1. The highest BCUT2D eigenvalue weighted by Crippen LogP contribution is 2.23. The fourth-order valence-corrected chi connectivity index (χ4v) is 0.948. The van der Waals surface area contributed by atoms with Gasteiger partial charge in [-0.3, -0.25) is 0 Å². The molecule has 0 amide bonds. The van der Waals surface area contributed by atoms with Crippen LogP contribution in [0.2, 0.25) is 0 Å². The summed E-state index contributed by atoms with van der Waals surface area (Å²) in [6, 6.07) is 0.316. The molecule has 1 N–H and O–H groups in total. The van der Waals surface area contributed by atoms with Crippen LogP contribution in [0.4, 0.5) is 4.79 Å². The zero-order valence-corrected chi connectivity index (χ0v) is 5.91. The van der Waals surface area contributed by atoms with E-state index in [0.717, 1.165) is 12.8 Å². The molecule has 0 aromatic rings. The summed E-state index contributed by atoms with van der Waals surface area (Å²) in [5, 5.41) is 9.60. The van der Waals surface area contributed by atoms with Crippen LogP contribution in [0.1, 0.15) is 19.3 Å². The summed E-state index contributed by atoms with van der Waals surface area (Å²) in [7, 11) is 1.65. The van der Waals surface area contributed by atoms with Gasteiger partial charge in [0.1, 0.15) is 0 Å². The van der Waals surface area contributed by atoms with E-state index >= 15 is 0 Å². The monoisotopic (exact) mass is 145 g/mol. The molecule has 0 heterocycles. The molecule has 0 aliphatic heterocycles. The van der Waals surface area contributed by atoms with E-state index in [9.17, 15) is 4.79 Å². The Morgan fingerprint density at radius 3 is 2.60 bits per heavy atom. The second-order valence-corrected chi connectivity index (χ2v) is 2.49. The van der Waals surface area contributed by atoms with Gasteiger partial charge in [0.15, 0.2) is 0 Å². The first kappa shape index (κ1) is 7.34. The third kappa shape index (κ3) is 1.60. The summed E-state index contributed by atoms with van der Waals surface area (Å²) >= 11 is 0. The van der Waals surface area contributed by atoms with Crippen molar-refractivity contribution < 1.29 is 14.7 Å². The molecular formula is C6H11NO3. The Balaban J connectivity index is 2.19. The van der Waals surface area contributed by atoms with Crippen LogP contribution in [0.3, 0.4) is 0 Å². The SMILES string of the molecule is CN(OC(=O)O)C1CCC1. The summed E-state index contributed by atoms with van der Waals surface area (Å²) in [6.07, 6.45) is 2.04. The maximum atomic E-state index is 9.99. The molecule has 1 saturated carbocycles. The lowest BCUT2D eigenvalue weighted by Gasteiger charge is -2.31. The van der Waals surface area contributed by atoms with Crippen molar-refractivity contribution in [3.63, 3.8) is 0 Å². The van der Waals surface area contributed by atoms with Gasteiger partial charge < -0.3 is 9.94 Å². The molecule has 0 atom stereocenters. The third-order valence-electron chi connectivity index (χ3n) is 1.81. The number of rotatable bonds is 2. The minimum Gasteiger partial charge on any atom is -0.448 e. The van der Waals surface area contributed by atoms with Crippen LogP contribution < -0.4 is 0 Å². The molecule has 58 valence electrons. The summed E-state index contributed by atoms with van der Waals surface area (Å²) < 4.78 is 0. The molecule has 4 nitrogen and oxygen atoms in total. The average molecular weight is 145 g/mol. The predicted octanol–water partition coefficient (Wildman–Crippen LogP) is 1.08. The van der Waals surface area contributed by atoms with Crippen molar-refractivity contribution in [2.75, 3.05) is 7.05 Å². The molecule has 0 aromatic carbocycles. The maximum Gasteiger partial charge on any atom is 0.525 e. The molecule has 0 saturated heterocycles. The highest BCUT2D eigenvalue weighted by Gasteiger charge is 2.24. The second-order valence-electron chi connectivity index (χ2n) is 2.49. The molecule has 0 aromatic heterocycles. The van der Waals surface area contributed by atoms with Crippen LogP contribution in [0, 0.1) is 0 Å². The molecule has 0 bridgehead atoms. The number of hydrogen-bond acceptors (Lipinski definition) is 3. The minimum absolute atomic E-state index is 0.316. The smallest absolute Gasteiger partial charge is 0.448 e. The van der Waals surface area contributed by atoms with Gasteiger partial charge in [-0.1, -0.05) is 6.42 Å². The lowest BCUT2D eigenvalue weighted by molar-refractivity contribution is -0.145. The van der Waals surface area contributed by atoms with Gasteiger partial charge in [0.05, 0.1) is 0 Å². The number of carbonyl (C=O) groups is 1. The summed E-state index contributed by atoms with van der Waals surface area (Å²) in [6.45, 7) is 0. The molecule has 0 spiro atoms. The highest BCUT2D eigenvalue weighted by atomic mass is 16.8. The van der Waals surface area contributed by atoms with Crippen molar-refractivity contribution in [3.8, 4) is 0 Å². The van der Waals surface area contributed by atoms with Gasteiger partial charge >= 0.3 is 6.16 Å². The molecule has 1 aliphatic rings. The zero-order chi connectivity index (χ0) is 7.56. The van der Waals surface area contributed by atoms with Crippen molar-refractivity contribution in [1.82, 2.24) is 5.06 Å². The van der Waals surface area contributed by atoms with E-state index < -0.39 is 6.16 Å². The number of nitrogens with zero attached hydrogens (tertiary/aromatic N) is 1. The topological polar surface area (TPSA) is 49.8 Å². The van der Waals surface area contributed by atoms with Gasteiger partial charge in [0.25, 0.3) is 0 Å². The van der Waals surface area contributed by atoms with E-state index in [4.69, 9.17) is 5.11 Å². The first-order chi connectivity index (χ1) is 4.70. The van der Waals surface area contributed by atoms with Crippen molar-refractivity contribution >= 4 is 6.16 Å². The van der Waals surface area contributed by atoms with Crippen molar-refractivity contribution in [2.24, 2.45) is 0 Å². The Morgan fingerprint density at radius 1 is 1.70 bits per heavy atom. The average Bonchev–Trinajstić information content (AvgIpc) is 1.55.